The van der Waals surface area contributed by atoms with E-state index in [1.165, 1.54) is 6.07 Å². The quantitative estimate of drug-likeness (QED) is 0.804. The van der Waals surface area contributed by atoms with Gasteiger partial charge < -0.3 is 10.2 Å². The van der Waals surface area contributed by atoms with Crippen molar-refractivity contribution >= 4 is 11.8 Å². The van der Waals surface area contributed by atoms with Gasteiger partial charge in [-0.1, -0.05) is 18.6 Å². The van der Waals surface area contributed by atoms with E-state index in [4.69, 9.17) is 5.11 Å². The molecular formula is C15H19NO4. The molecule has 1 heterocycles. The van der Waals surface area contributed by atoms with Crippen LogP contribution in [0.2, 0.25) is 0 Å². The summed E-state index contributed by atoms with van der Waals surface area (Å²) >= 11 is 0. The number of nitrogens with zero attached hydrogens (tertiary/aromatic N) is 1. The number of benzene rings is 1. The Labute approximate surface area is 117 Å². The molecule has 108 valence electrons. The average Bonchev–Trinajstić information content (AvgIpc) is 2.45. The number of rotatable bonds is 5. The van der Waals surface area contributed by atoms with E-state index in [-0.39, 0.29) is 18.0 Å². The van der Waals surface area contributed by atoms with Crippen molar-refractivity contribution in [3.05, 3.63) is 29.8 Å². The number of aromatic hydroxyl groups is 1. The molecule has 0 amide bonds. The highest BCUT2D eigenvalue weighted by atomic mass is 16.4. The van der Waals surface area contributed by atoms with Crippen LogP contribution in [-0.2, 0) is 4.79 Å². The predicted molar refractivity (Wildman–Crippen MR) is 73.9 cm³/mol. The van der Waals surface area contributed by atoms with Gasteiger partial charge in [0.15, 0.2) is 5.78 Å². The SMILES string of the molecule is O=C(CCN1CCCCC1C(=O)O)c1ccccc1O. The molecule has 20 heavy (non-hydrogen) atoms. The summed E-state index contributed by atoms with van der Waals surface area (Å²) in [6, 6.07) is 5.95. The maximum atomic E-state index is 12.1. The van der Waals surface area contributed by atoms with E-state index in [9.17, 15) is 14.7 Å². The number of carboxylic acids is 1. The molecule has 0 aliphatic carbocycles. The van der Waals surface area contributed by atoms with Gasteiger partial charge in [-0.2, -0.15) is 0 Å². The highest BCUT2D eigenvalue weighted by molar-refractivity contribution is 5.98. The first-order valence-electron chi connectivity index (χ1n) is 6.87. The van der Waals surface area contributed by atoms with Gasteiger partial charge in [-0.3, -0.25) is 14.5 Å². The predicted octanol–water partition coefficient (Wildman–Crippen LogP) is 1.90. The molecule has 0 bridgehead atoms. The smallest absolute Gasteiger partial charge is 0.320 e. The van der Waals surface area contributed by atoms with Crippen molar-refractivity contribution in [2.75, 3.05) is 13.1 Å². The van der Waals surface area contributed by atoms with Crippen LogP contribution in [0.1, 0.15) is 36.0 Å². The Balaban J connectivity index is 1.95. The van der Waals surface area contributed by atoms with Gasteiger partial charge in [0.05, 0.1) is 5.56 Å². The molecule has 0 aromatic heterocycles. The van der Waals surface area contributed by atoms with Crippen LogP contribution in [0, 0.1) is 0 Å². The lowest BCUT2D eigenvalue weighted by atomic mass is 10.0. The first-order valence-corrected chi connectivity index (χ1v) is 6.87. The number of hydrogen-bond donors (Lipinski definition) is 2. The molecule has 0 radical (unpaired) electrons. The Morgan fingerprint density at radius 2 is 2.00 bits per heavy atom. The lowest BCUT2D eigenvalue weighted by molar-refractivity contribution is -0.144. The molecule has 1 fully saturated rings. The summed E-state index contributed by atoms with van der Waals surface area (Å²) in [6.45, 7) is 1.13. The molecule has 5 heteroatoms. The third-order valence-corrected chi connectivity index (χ3v) is 3.73. The summed E-state index contributed by atoms with van der Waals surface area (Å²) in [5, 5.41) is 18.8. The Kier molecular flexibility index (Phi) is 4.74. The summed E-state index contributed by atoms with van der Waals surface area (Å²) in [5.74, 6) is -0.997. The number of hydrogen-bond acceptors (Lipinski definition) is 4. The number of phenolic OH excluding ortho intramolecular Hbond substituents is 1. The summed E-state index contributed by atoms with van der Waals surface area (Å²) in [5.41, 5.74) is 0.302. The zero-order valence-corrected chi connectivity index (χ0v) is 11.3. The molecule has 1 aromatic carbocycles. The van der Waals surface area contributed by atoms with E-state index in [1.54, 1.807) is 18.2 Å². The highest BCUT2D eigenvalue weighted by Crippen LogP contribution is 2.20. The van der Waals surface area contributed by atoms with E-state index < -0.39 is 12.0 Å². The molecule has 1 aliphatic rings. The third-order valence-electron chi connectivity index (χ3n) is 3.73. The lowest BCUT2D eigenvalue weighted by Crippen LogP contribution is -2.45. The number of phenols is 1. The fraction of sp³-hybridized carbons (Fsp3) is 0.467. The first-order chi connectivity index (χ1) is 9.59. The second-order valence-electron chi connectivity index (χ2n) is 5.08. The molecule has 1 aliphatic heterocycles. The van der Waals surface area contributed by atoms with Crippen LogP contribution in [0.25, 0.3) is 0 Å². The number of ketones is 1. The van der Waals surface area contributed by atoms with Crippen LogP contribution in [-0.4, -0.2) is 46.0 Å². The van der Waals surface area contributed by atoms with E-state index in [2.05, 4.69) is 0 Å². The Morgan fingerprint density at radius 1 is 1.25 bits per heavy atom. The molecule has 1 saturated heterocycles. The molecule has 0 saturated carbocycles. The molecule has 5 nitrogen and oxygen atoms in total. The second-order valence-corrected chi connectivity index (χ2v) is 5.08. The first kappa shape index (κ1) is 14.5. The average molecular weight is 277 g/mol. The zero-order valence-electron chi connectivity index (χ0n) is 11.3. The van der Waals surface area contributed by atoms with Gasteiger partial charge >= 0.3 is 5.97 Å². The van der Waals surface area contributed by atoms with Crippen LogP contribution in [0.5, 0.6) is 5.75 Å². The minimum absolute atomic E-state index is 0.0223. The van der Waals surface area contributed by atoms with Crippen LogP contribution in [0.3, 0.4) is 0 Å². The van der Waals surface area contributed by atoms with Gasteiger partial charge in [0.1, 0.15) is 11.8 Å². The van der Waals surface area contributed by atoms with Gasteiger partial charge in [-0.05, 0) is 31.5 Å². The van der Waals surface area contributed by atoms with Crippen LogP contribution < -0.4 is 0 Å². The van der Waals surface area contributed by atoms with Crippen LogP contribution in [0.4, 0.5) is 0 Å². The molecule has 2 rings (SSSR count). The summed E-state index contributed by atoms with van der Waals surface area (Å²) in [4.78, 5) is 25.1. The topological polar surface area (TPSA) is 77.8 Å². The number of aliphatic carboxylic acids is 1. The van der Waals surface area contributed by atoms with Crippen LogP contribution >= 0.6 is 0 Å². The number of piperidine rings is 1. The van der Waals surface area contributed by atoms with E-state index in [1.807, 2.05) is 4.90 Å². The normalized spacial score (nSPS) is 19.7. The minimum Gasteiger partial charge on any atom is -0.507 e. The number of carboxylic acid groups (broad SMARTS) is 1. The molecule has 1 aromatic rings. The van der Waals surface area contributed by atoms with Crippen molar-refractivity contribution in [2.24, 2.45) is 0 Å². The van der Waals surface area contributed by atoms with Gasteiger partial charge in [0, 0.05) is 13.0 Å². The number of likely N-dealkylation sites (tertiary alicyclic amines) is 1. The number of para-hydroxylation sites is 1. The van der Waals surface area contributed by atoms with Crippen molar-refractivity contribution in [1.82, 2.24) is 4.90 Å². The van der Waals surface area contributed by atoms with Gasteiger partial charge in [-0.15, -0.1) is 0 Å². The number of Topliss-reactive ketones (excluding diaryl/α,β-unsaturated/α-hetero) is 1. The van der Waals surface area contributed by atoms with Crippen molar-refractivity contribution in [3.63, 3.8) is 0 Å². The maximum absolute atomic E-state index is 12.1. The Hall–Kier alpha value is -1.88. The maximum Gasteiger partial charge on any atom is 0.320 e. The summed E-state index contributed by atoms with van der Waals surface area (Å²) in [6.07, 6.45) is 2.75. The second kappa shape index (κ2) is 6.52. The number of carbonyl (C=O) groups is 2. The number of carbonyl (C=O) groups excluding carboxylic acids is 1. The summed E-state index contributed by atoms with van der Waals surface area (Å²) < 4.78 is 0. The monoisotopic (exact) mass is 277 g/mol. The summed E-state index contributed by atoms with van der Waals surface area (Å²) in [7, 11) is 0. The van der Waals surface area contributed by atoms with Crippen LogP contribution in [0.15, 0.2) is 24.3 Å². The van der Waals surface area contributed by atoms with Crippen molar-refractivity contribution < 1.29 is 19.8 Å². The van der Waals surface area contributed by atoms with Crippen molar-refractivity contribution in [2.45, 2.75) is 31.7 Å². The zero-order chi connectivity index (χ0) is 14.5. The van der Waals surface area contributed by atoms with Gasteiger partial charge in [-0.25, -0.2) is 0 Å². The fourth-order valence-corrected chi connectivity index (χ4v) is 2.63. The van der Waals surface area contributed by atoms with Crippen molar-refractivity contribution in [3.8, 4) is 5.75 Å². The highest BCUT2D eigenvalue weighted by Gasteiger charge is 2.28. The molecule has 2 N–H and O–H groups in total. The van der Waals surface area contributed by atoms with E-state index in [0.717, 1.165) is 12.8 Å². The molecule has 0 spiro atoms. The fourth-order valence-electron chi connectivity index (χ4n) is 2.63. The standard InChI is InChI=1S/C15H19NO4/c17-13-7-2-1-5-11(13)14(18)8-10-16-9-4-3-6-12(16)15(19)20/h1-2,5,7,12,17H,3-4,6,8-10H2,(H,19,20). The minimum atomic E-state index is -0.820. The van der Waals surface area contributed by atoms with Gasteiger partial charge in [0.25, 0.3) is 0 Å². The molecule has 1 atom stereocenters. The van der Waals surface area contributed by atoms with Gasteiger partial charge in [0.2, 0.25) is 0 Å². The Morgan fingerprint density at radius 3 is 2.70 bits per heavy atom. The van der Waals surface area contributed by atoms with E-state index >= 15 is 0 Å². The Bertz CT molecular complexity index is 500. The largest absolute Gasteiger partial charge is 0.507 e. The molecule has 1 unspecified atom stereocenters. The lowest BCUT2D eigenvalue weighted by Gasteiger charge is -2.32. The molecular weight excluding hydrogens is 258 g/mol. The third kappa shape index (κ3) is 3.36. The van der Waals surface area contributed by atoms with Crippen molar-refractivity contribution in [1.29, 1.82) is 0 Å². The van der Waals surface area contributed by atoms with E-state index in [0.29, 0.717) is 25.1 Å².